The van der Waals surface area contributed by atoms with Crippen molar-refractivity contribution in [3.05, 3.63) is 20.3 Å². The van der Waals surface area contributed by atoms with Gasteiger partial charge in [-0.2, -0.15) is 0 Å². The summed E-state index contributed by atoms with van der Waals surface area (Å²) in [5.74, 6) is 0. The van der Waals surface area contributed by atoms with E-state index in [9.17, 15) is 0 Å². The van der Waals surface area contributed by atoms with E-state index in [1.807, 2.05) is 11.3 Å². The predicted octanol–water partition coefficient (Wildman–Crippen LogP) is 4.53. The first-order chi connectivity index (χ1) is 7.74. The van der Waals surface area contributed by atoms with Gasteiger partial charge < -0.3 is 5.32 Å². The number of aryl methyl sites for hydroxylation is 2. The van der Waals surface area contributed by atoms with Crippen LogP contribution in [0.1, 0.15) is 43.0 Å². The van der Waals surface area contributed by atoms with E-state index in [1.54, 1.807) is 0 Å². The van der Waals surface area contributed by atoms with Crippen LogP contribution in [0.2, 0.25) is 0 Å². The van der Waals surface area contributed by atoms with Crippen LogP contribution >= 0.6 is 27.3 Å². The molecule has 0 saturated heterocycles. The van der Waals surface area contributed by atoms with Crippen LogP contribution in [0.3, 0.4) is 0 Å². The summed E-state index contributed by atoms with van der Waals surface area (Å²) in [6.07, 6.45) is 6.61. The van der Waals surface area contributed by atoms with Crippen LogP contribution < -0.4 is 5.32 Å². The standard InChI is InChI=1S/C13H22BrNS/c1-3-15-9-7-5-4-6-8-12-10-13(14)16-11(12)2/h10,15H,3-9H2,1-2H3. The monoisotopic (exact) mass is 303 g/mol. The Morgan fingerprint density at radius 3 is 2.62 bits per heavy atom. The lowest BCUT2D eigenvalue weighted by Gasteiger charge is -2.02. The van der Waals surface area contributed by atoms with Crippen molar-refractivity contribution in [2.75, 3.05) is 13.1 Å². The van der Waals surface area contributed by atoms with Crippen LogP contribution in [0.5, 0.6) is 0 Å². The van der Waals surface area contributed by atoms with Crippen molar-refractivity contribution in [2.45, 2.75) is 46.0 Å². The smallest absolute Gasteiger partial charge is 0.0704 e. The highest BCUT2D eigenvalue weighted by atomic mass is 79.9. The quantitative estimate of drug-likeness (QED) is 0.696. The molecule has 0 saturated carbocycles. The van der Waals surface area contributed by atoms with Crippen molar-refractivity contribution in [3.63, 3.8) is 0 Å². The molecule has 16 heavy (non-hydrogen) atoms. The molecule has 1 heterocycles. The molecule has 92 valence electrons. The first-order valence-electron chi connectivity index (χ1n) is 6.19. The van der Waals surface area contributed by atoms with Crippen molar-refractivity contribution < 1.29 is 0 Å². The second kappa shape index (κ2) is 8.26. The largest absolute Gasteiger partial charge is 0.317 e. The van der Waals surface area contributed by atoms with E-state index in [4.69, 9.17) is 0 Å². The zero-order valence-electron chi connectivity index (χ0n) is 10.3. The summed E-state index contributed by atoms with van der Waals surface area (Å²) < 4.78 is 1.27. The van der Waals surface area contributed by atoms with Gasteiger partial charge >= 0.3 is 0 Å². The van der Waals surface area contributed by atoms with Gasteiger partial charge in [0.1, 0.15) is 0 Å². The lowest BCUT2D eigenvalue weighted by atomic mass is 10.1. The molecule has 1 N–H and O–H groups in total. The summed E-state index contributed by atoms with van der Waals surface area (Å²) in [5, 5.41) is 3.36. The van der Waals surface area contributed by atoms with Gasteiger partial charge in [-0.1, -0.05) is 19.8 Å². The van der Waals surface area contributed by atoms with E-state index >= 15 is 0 Å². The fourth-order valence-electron chi connectivity index (χ4n) is 1.82. The molecule has 0 aromatic carbocycles. The molecule has 0 bridgehead atoms. The Morgan fingerprint density at radius 2 is 2.00 bits per heavy atom. The van der Waals surface area contributed by atoms with Gasteiger partial charge in [0.2, 0.25) is 0 Å². The zero-order valence-corrected chi connectivity index (χ0v) is 12.7. The molecule has 0 atom stereocenters. The molecule has 0 spiro atoms. The third-order valence-electron chi connectivity index (χ3n) is 2.79. The van der Waals surface area contributed by atoms with Gasteiger partial charge in [0.15, 0.2) is 0 Å². The Bertz CT molecular complexity index is 296. The molecule has 1 aromatic heterocycles. The van der Waals surface area contributed by atoms with Crippen LogP contribution in [0.15, 0.2) is 9.85 Å². The van der Waals surface area contributed by atoms with Gasteiger partial charge in [-0.15, -0.1) is 11.3 Å². The maximum absolute atomic E-state index is 3.54. The van der Waals surface area contributed by atoms with Crippen molar-refractivity contribution in [2.24, 2.45) is 0 Å². The summed E-state index contributed by atoms with van der Waals surface area (Å²) in [5.41, 5.74) is 1.53. The first kappa shape index (κ1) is 14.2. The number of hydrogen-bond donors (Lipinski definition) is 1. The van der Waals surface area contributed by atoms with Crippen LogP contribution in [-0.4, -0.2) is 13.1 Å². The summed E-state index contributed by atoms with van der Waals surface area (Å²) >= 11 is 5.40. The Hall–Kier alpha value is 0.140. The lowest BCUT2D eigenvalue weighted by molar-refractivity contribution is 0.598. The minimum absolute atomic E-state index is 1.10. The van der Waals surface area contributed by atoms with E-state index in [2.05, 4.69) is 41.2 Å². The van der Waals surface area contributed by atoms with Gasteiger partial charge in [-0.25, -0.2) is 0 Å². The molecule has 1 aromatic rings. The second-order valence-electron chi connectivity index (χ2n) is 4.15. The van der Waals surface area contributed by atoms with E-state index < -0.39 is 0 Å². The molecule has 3 heteroatoms. The van der Waals surface area contributed by atoms with E-state index in [0.29, 0.717) is 0 Å². The molecule has 0 aliphatic heterocycles. The van der Waals surface area contributed by atoms with Gasteiger partial charge in [0.25, 0.3) is 0 Å². The Labute approximate surface area is 112 Å². The molecular formula is C13H22BrNS. The van der Waals surface area contributed by atoms with Crippen LogP contribution in [0.4, 0.5) is 0 Å². The highest BCUT2D eigenvalue weighted by molar-refractivity contribution is 9.11. The average Bonchev–Trinajstić information content (AvgIpc) is 2.56. The van der Waals surface area contributed by atoms with Gasteiger partial charge in [0, 0.05) is 4.88 Å². The molecule has 0 radical (unpaired) electrons. The highest BCUT2D eigenvalue weighted by Crippen LogP contribution is 2.27. The fourth-order valence-corrected chi connectivity index (χ4v) is 3.61. The Balaban J connectivity index is 2.05. The van der Waals surface area contributed by atoms with Crippen molar-refractivity contribution in [3.8, 4) is 0 Å². The van der Waals surface area contributed by atoms with Gasteiger partial charge in [-0.3, -0.25) is 0 Å². The third-order valence-corrected chi connectivity index (χ3v) is 4.39. The number of thiophene rings is 1. The molecule has 0 amide bonds. The minimum atomic E-state index is 1.10. The maximum atomic E-state index is 3.54. The first-order valence-corrected chi connectivity index (χ1v) is 7.80. The Morgan fingerprint density at radius 1 is 1.25 bits per heavy atom. The lowest BCUT2D eigenvalue weighted by Crippen LogP contribution is -2.13. The number of nitrogens with one attached hydrogen (secondary N) is 1. The fraction of sp³-hybridized carbons (Fsp3) is 0.692. The number of halogens is 1. The summed E-state index contributed by atoms with van der Waals surface area (Å²) in [6, 6.07) is 2.28. The summed E-state index contributed by atoms with van der Waals surface area (Å²) in [6.45, 7) is 6.66. The summed E-state index contributed by atoms with van der Waals surface area (Å²) in [7, 11) is 0. The molecular weight excluding hydrogens is 282 g/mol. The normalized spacial score (nSPS) is 10.9. The predicted molar refractivity (Wildman–Crippen MR) is 77.5 cm³/mol. The molecule has 0 unspecified atom stereocenters. The number of hydrogen-bond acceptors (Lipinski definition) is 2. The second-order valence-corrected chi connectivity index (χ2v) is 6.79. The number of unbranched alkanes of at least 4 members (excludes halogenated alkanes) is 3. The van der Waals surface area contributed by atoms with Crippen molar-refractivity contribution in [1.82, 2.24) is 5.32 Å². The van der Waals surface area contributed by atoms with Crippen LogP contribution in [0.25, 0.3) is 0 Å². The molecule has 0 fully saturated rings. The average molecular weight is 304 g/mol. The van der Waals surface area contributed by atoms with Crippen molar-refractivity contribution >= 4 is 27.3 Å². The van der Waals surface area contributed by atoms with E-state index in [1.165, 1.54) is 52.9 Å². The van der Waals surface area contributed by atoms with E-state index in [-0.39, 0.29) is 0 Å². The van der Waals surface area contributed by atoms with Gasteiger partial charge in [-0.05, 0) is 66.8 Å². The SMILES string of the molecule is CCNCCCCCCc1cc(Br)sc1C. The molecule has 1 nitrogen and oxygen atoms in total. The van der Waals surface area contributed by atoms with Crippen LogP contribution in [-0.2, 0) is 6.42 Å². The van der Waals surface area contributed by atoms with Crippen molar-refractivity contribution in [1.29, 1.82) is 0 Å². The highest BCUT2D eigenvalue weighted by Gasteiger charge is 2.02. The number of rotatable bonds is 8. The maximum Gasteiger partial charge on any atom is 0.0704 e. The minimum Gasteiger partial charge on any atom is -0.317 e. The van der Waals surface area contributed by atoms with E-state index in [0.717, 1.165) is 6.54 Å². The third kappa shape index (κ3) is 5.46. The van der Waals surface area contributed by atoms with Crippen LogP contribution in [0, 0.1) is 6.92 Å². The Kier molecular flexibility index (Phi) is 7.33. The van der Waals surface area contributed by atoms with Gasteiger partial charge in [0.05, 0.1) is 3.79 Å². The summed E-state index contributed by atoms with van der Waals surface area (Å²) in [4.78, 5) is 1.47. The molecule has 0 aliphatic carbocycles. The molecule has 1 rings (SSSR count). The topological polar surface area (TPSA) is 12.0 Å². The molecule has 0 aliphatic rings. The zero-order chi connectivity index (χ0) is 11.8.